The summed E-state index contributed by atoms with van der Waals surface area (Å²) in [6.07, 6.45) is 1.72. The van der Waals surface area contributed by atoms with Crippen LogP contribution in [0.2, 0.25) is 0 Å². The molecule has 0 fully saturated rings. The minimum atomic E-state index is -0.683. The van der Waals surface area contributed by atoms with Gasteiger partial charge in [-0.2, -0.15) is 0 Å². The Labute approximate surface area is 118 Å². The summed E-state index contributed by atoms with van der Waals surface area (Å²) in [5.41, 5.74) is 2.33. The van der Waals surface area contributed by atoms with E-state index in [9.17, 15) is 9.59 Å². The SMILES string of the molecule is CC#CC(=O)NC(C(=O)OC)C1CCc2ccccc21. The molecule has 20 heavy (non-hydrogen) atoms. The van der Waals surface area contributed by atoms with Gasteiger partial charge in [0.1, 0.15) is 6.04 Å². The van der Waals surface area contributed by atoms with Crippen LogP contribution < -0.4 is 5.32 Å². The van der Waals surface area contributed by atoms with E-state index >= 15 is 0 Å². The molecule has 1 aromatic carbocycles. The van der Waals surface area contributed by atoms with E-state index in [0.717, 1.165) is 18.4 Å². The lowest BCUT2D eigenvalue weighted by atomic mass is 9.93. The highest BCUT2D eigenvalue weighted by molar-refractivity contribution is 5.96. The van der Waals surface area contributed by atoms with Gasteiger partial charge in [0, 0.05) is 5.92 Å². The van der Waals surface area contributed by atoms with E-state index in [-0.39, 0.29) is 5.92 Å². The molecule has 104 valence electrons. The molecule has 0 spiro atoms. The maximum Gasteiger partial charge on any atom is 0.329 e. The third-order valence-electron chi connectivity index (χ3n) is 3.56. The van der Waals surface area contributed by atoms with Gasteiger partial charge in [-0.15, -0.1) is 0 Å². The molecule has 2 unspecified atom stereocenters. The molecule has 4 nitrogen and oxygen atoms in total. The second kappa shape index (κ2) is 6.25. The van der Waals surface area contributed by atoms with Crippen LogP contribution in [-0.2, 0) is 20.7 Å². The third kappa shape index (κ3) is 2.83. The van der Waals surface area contributed by atoms with Crippen LogP contribution in [-0.4, -0.2) is 25.0 Å². The molecule has 1 N–H and O–H groups in total. The van der Waals surface area contributed by atoms with Crippen molar-refractivity contribution in [3.8, 4) is 11.8 Å². The van der Waals surface area contributed by atoms with Crippen LogP contribution in [0.15, 0.2) is 24.3 Å². The molecule has 2 rings (SSSR count). The number of carbonyl (C=O) groups excluding carboxylic acids is 2. The zero-order valence-electron chi connectivity index (χ0n) is 11.6. The predicted molar refractivity (Wildman–Crippen MR) is 74.9 cm³/mol. The summed E-state index contributed by atoms with van der Waals surface area (Å²) in [6, 6.07) is 7.30. The highest BCUT2D eigenvalue weighted by atomic mass is 16.5. The number of rotatable bonds is 3. The lowest BCUT2D eigenvalue weighted by Crippen LogP contribution is -2.44. The molecule has 0 saturated heterocycles. The molecule has 0 aromatic heterocycles. The van der Waals surface area contributed by atoms with Crippen molar-refractivity contribution in [3.05, 3.63) is 35.4 Å². The molecule has 1 aliphatic rings. The second-order valence-corrected chi connectivity index (χ2v) is 4.69. The molecule has 0 saturated carbocycles. The van der Waals surface area contributed by atoms with Crippen molar-refractivity contribution in [2.75, 3.05) is 7.11 Å². The normalized spacial score (nSPS) is 17.4. The number of amides is 1. The van der Waals surface area contributed by atoms with E-state index in [1.54, 1.807) is 6.92 Å². The molecule has 0 aliphatic heterocycles. The highest BCUT2D eigenvalue weighted by Gasteiger charge is 2.35. The van der Waals surface area contributed by atoms with Gasteiger partial charge in [0.05, 0.1) is 7.11 Å². The molecule has 1 aromatic rings. The zero-order valence-corrected chi connectivity index (χ0v) is 11.6. The number of aryl methyl sites for hydroxylation is 1. The summed E-state index contributed by atoms with van der Waals surface area (Å²) in [6.45, 7) is 1.58. The topological polar surface area (TPSA) is 55.4 Å². The Balaban J connectivity index is 2.26. The average Bonchev–Trinajstić information content (AvgIpc) is 2.88. The van der Waals surface area contributed by atoms with Gasteiger partial charge in [-0.25, -0.2) is 4.79 Å². The van der Waals surface area contributed by atoms with Gasteiger partial charge in [-0.3, -0.25) is 4.79 Å². The number of esters is 1. The van der Waals surface area contributed by atoms with Gasteiger partial charge in [-0.1, -0.05) is 30.2 Å². The van der Waals surface area contributed by atoms with Crippen LogP contribution in [0.5, 0.6) is 0 Å². The van der Waals surface area contributed by atoms with Crippen molar-refractivity contribution in [1.29, 1.82) is 0 Å². The maximum atomic E-state index is 12.0. The monoisotopic (exact) mass is 271 g/mol. The molecule has 0 radical (unpaired) electrons. The standard InChI is InChI=1S/C16H17NO3/c1-3-6-14(18)17-15(16(19)20-2)13-10-9-11-7-4-5-8-12(11)13/h4-5,7-8,13,15H,9-10H2,1-2H3,(H,17,18). The number of benzene rings is 1. The highest BCUT2D eigenvalue weighted by Crippen LogP contribution is 2.35. The van der Waals surface area contributed by atoms with Crippen molar-refractivity contribution < 1.29 is 14.3 Å². The van der Waals surface area contributed by atoms with E-state index in [1.165, 1.54) is 12.7 Å². The van der Waals surface area contributed by atoms with E-state index in [4.69, 9.17) is 4.74 Å². The largest absolute Gasteiger partial charge is 0.467 e. The number of hydrogen-bond donors (Lipinski definition) is 1. The van der Waals surface area contributed by atoms with Crippen molar-refractivity contribution in [2.45, 2.75) is 31.7 Å². The van der Waals surface area contributed by atoms with Gasteiger partial charge >= 0.3 is 5.97 Å². The number of nitrogens with one attached hydrogen (secondary N) is 1. The quantitative estimate of drug-likeness (QED) is 0.668. The van der Waals surface area contributed by atoms with Gasteiger partial charge in [0.15, 0.2) is 0 Å². The van der Waals surface area contributed by atoms with Crippen LogP contribution in [0, 0.1) is 11.8 Å². The molecular weight excluding hydrogens is 254 g/mol. The Kier molecular flexibility index (Phi) is 4.41. The Bertz CT molecular complexity index is 583. The Morgan fingerprint density at radius 2 is 2.15 bits per heavy atom. The van der Waals surface area contributed by atoms with Crippen molar-refractivity contribution in [1.82, 2.24) is 5.32 Å². The number of hydrogen-bond acceptors (Lipinski definition) is 3. The first-order valence-corrected chi connectivity index (χ1v) is 6.56. The van der Waals surface area contributed by atoms with Crippen LogP contribution >= 0.6 is 0 Å². The second-order valence-electron chi connectivity index (χ2n) is 4.69. The number of fused-ring (bicyclic) bond motifs is 1. The smallest absolute Gasteiger partial charge is 0.329 e. The number of methoxy groups -OCH3 is 1. The molecule has 1 amide bonds. The summed E-state index contributed by atoms with van der Waals surface area (Å²) in [5.74, 6) is 3.98. The third-order valence-corrected chi connectivity index (χ3v) is 3.56. The van der Waals surface area contributed by atoms with Crippen LogP contribution in [0.1, 0.15) is 30.4 Å². The summed E-state index contributed by atoms with van der Waals surface area (Å²) in [5, 5.41) is 2.66. The summed E-state index contributed by atoms with van der Waals surface area (Å²) >= 11 is 0. The maximum absolute atomic E-state index is 12.0. The molecule has 0 heterocycles. The number of carbonyl (C=O) groups is 2. The van der Waals surface area contributed by atoms with Crippen molar-refractivity contribution >= 4 is 11.9 Å². The molecule has 4 heteroatoms. The minimum Gasteiger partial charge on any atom is -0.467 e. The summed E-state index contributed by atoms with van der Waals surface area (Å²) in [4.78, 5) is 23.6. The zero-order chi connectivity index (χ0) is 14.5. The first-order chi connectivity index (χ1) is 9.67. The lowest BCUT2D eigenvalue weighted by molar-refractivity contribution is -0.145. The summed E-state index contributed by atoms with van der Waals surface area (Å²) in [7, 11) is 1.33. The fraction of sp³-hybridized carbons (Fsp3) is 0.375. The van der Waals surface area contributed by atoms with Gasteiger partial charge in [0.2, 0.25) is 0 Å². The Morgan fingerprint density at radius 1 is 1.40 bits per heavy atom. The Hall–Kier alpha value is -2.28. The number of ether oxygens (including phenoxy) is 1. The van der Waals surface area contributed by atoms with Gasteiger partial charge in [-0.05, 0) is 36.8 Å². The molecule has 1 aliphatic carbocycles. The van der Waals surface area contributed by atoms with E-state index < -0.39 is 17.9 Å². The first kappa shape index (κ1) is 14.1. The van der Waals surface area contributed by atoms with Gasteiger partial charge < -0.3 is 10.1 Å². The fourth-order valence-corrected chi connectivity index (χ4v) is 2.68. The lowest BCUT2D eigenvalue weighted by Gasteiger charge is -2.22. The van der Waals surface area contributed by atoms with Crippen LogP contribution in [0.25, 0.3) is 0 Å². The van der Waals surface area contributed by atoms with E-state index in [2.05, 4.69) is 23.2 Å². The van der Waals surface area contributed by atoms with E-state index in [0.29, 0.717) is 0 Å². The van der Waals surface area contributed by atoms with E-state index in [1.807, 2.05) is 18.2 Å². The van der Waals surface area contributed by atoms with Crippen molar-refractivity contribution in [3.63, 3.8) is 0 Å². The predicted octanol–water partition coefficient (Wildman–Crippen LogP) is 1.40. The first-order valence-electron chi connectivity index (χ1n) is 6.56. The minimum absolute atomic E-state index is 0.0544. The van der Waals surface area contributed by atoms with Gasteiger partial charge in [0.25, 0.3) is 5.91 Å². The summed E-state index contributed by atoms with van der Waals surface area (Å²) < 4.78 is 4.82. The van der Waals surface area contributed by atoms with Crippen LogP contribution in [0.4, 0.5) is 0 Å². The fourth-order valence-electron chi connectivity index (χ4n) is 2.68. The van der Waals surface area contributed by atoms with Crippen molar-refractivity contribution in [2.24, 2.45) is 0 Å². The molecule has 2 atom stereocenters. The average molecular weight is 271 g/mol. The Morgan fingerprint density at radius 3 is 2.85 bits per heavy atom. The van der Waals surface area contributed by atoms with Crippen LogP contribution in [0.3, 0.4) is 0 Å². The molecular formula is C16H17NO3. The molecule has 0 bridgehead atoms.